The number of nitrogens with zero attached hydrogens (tertiary/aromatic N) is 3. The van der Waals surface area contributed by atoms with Gasteiger partial charge in [-0.1, -0.05) is 42.0 Å². The van der Waals surface area contributed by atoms with Crippen LogP contribution in [0.4, 0.5) is 5.95 Å². The van der Waals surface area contributed by atoms with E-state index in [1.54, 1.807) is 6.20 Å². The molecule has 4 nitrogen and oxygen atoms in total. The van der Waals surface area contributed by atoms with Crippen LogP contribution in [-0.2, 0) is 0 Å². The third-order valence-electron chi connectivity index (χ3n) is 4.04. The Morgan fingerprint density at radius 2 is 1.67 bits per heavy atom. The average molecular weight is 312 g/mol. The second-order valence-corrected chi connectivity index (χ2v) is 5.77. The van der Waals surface area contributed by atoms with Crippen LogP contribution in [0.1, 0.15) is 5.56 Å². The van der Waals surface area contributed by atoms with Gasteiger partial charge in [-0.3, -0.25) is 4.98 Å². The van der Waals surface area contributed by atoms with Gasteiger partial charge >= 0.3 is 0 Å². The lowest BCUT2D eigenvalue weighted by Gasteiger charge is -2.10. The number of hydrogen-bond donors (Lipinski definition) is 1. The highest BCUT2D eigenvalue weighted by atomic mass is 15.0. The van der Waals surface area contributed by atoms with Gasteiger partial charge in [0.2, 0.25) is 5.95 Å². The van der Waals surface area contributed by atoms with E-state index in [9.17, 15) is 0 Å². The zero-order valence-corrected chi connectivity index (χ0v) is 13.3. The van der Waals surface area contributed by atoms with Crippen molar-refractivity contribution in [1.82, 2.24) is 15.0 Å². The first-order valence-corrected chi connectivity index (χ1v) is 7.75. The fourth-order valence-corrected chi connectivity index (χ4v) is 2.79. The largest absolute Gasteiger partial charge is 0.368 e. The molecule has 0 unspecified atom stereocenters. The summed E-state index contributed by atoms with van der Waals surface area (Å²) in [6, 6.07) is 18.5. The van der Waals surface area contributed by atoms with E-state index < -0.39 is 0 Å². The second kappa shape index (κ2) is 5.74. The summed E-state index contributed by atoms with van der Waals surface area (Å²) in [6.45, 7) is 2.08. The van der Waals surface area contributed by atoms with E-state index >= 15 is 0 Å². The molecule has 2 aromatic carbocycles. The van der Waals surface area contributed by atoms with Crippen molar-refractivity contribution in [3.8, 4) is 22.4 Å². The summed E-state index contributed by atoms with van der Waals surface area (Å²) in [6.07, 6.45) is 3.58. The molecule has 116 valence electrons. The van der Waals surface area contributed by atoms with E-state index in [0.717, 1.165) is 33.3 Å². The summed E-state index contributed by atoms with van der Waals surface area (Å²) in [4.78, 5) is 12.9. The van der Waals surface area contributed by atoms with Crippen LogP contribution in [0, 0.1) is 6.92 Å². The molecule has 0 bridgehead atoms. The molecule has 0 aliphatic heterocycles. The summed E-state index contributed by atoms with van der Waals surface area (Å²) in [5.74, 6) is 0.289. The zero-order valence-electron chi connectivity index (χ0n) is 13.3. The monoisotopic (exact) mass is 312 g/mol. The summed E-state index contributed by atoms with van der Waals surface area (Å²) in [5, 5.41) is 0.959. The van der Waals surface area contributed by atoms with E-state index in [1.807, 2.05) is 24.4 Å². The zero-order chi connectivity index (χ0) is 16.5. The molecule has 2 N–H and O–H groups in total. The van der Waals surface area contributed by atoms with Crippen LogP contribution in [0.15, 0.2) is 67.0 Å². The first-order chi connectivity index (χ1) is 11.7. The number of nitrogen functional groups attached to an aromatic ring is 1. The van der Waals surface area contributed by atoms with Crippen LogP contribution in [0.3, 0.4) is 0 Å². The molecule has 2 aromatic heterocycles. The second-order valence-electron chi connectivity index (χ2n) is 5.77. The fourth-order valence-electron chi connectivity index (χ4n) is 2.79. The van der Waals surface area contributed by atoms with Crippen LogP contribution in [0.2, 0.25) is 0 Å². The molecule has 0 aliphatic carbocycles. The van der Waals surface area contributed by atoms with Gasteiger partial charge in [0.05, 0.1) is 11.2 Å². The van der Waals surface area contributed by atoms with Crippen LogP contribution in [0.25, 0.3) is 33.3 Å². The van der Waals surface area contributed by atoms with Crippen molar-refractivity contribution in [3.63, 3.8) is 0 Å². The maximum Gasteiger partial charge on any atom is 0.220 e. The minimum atomic E-state index is 0.289. The predicted molar refractivity (Wildman–Crippen MR) is 97.4 cm³/mol. The molecule has 0 saturated heterocycles. The van der Waals surface area contributed by atoms with Crippen LogP contribution < -0.4 is 5.73 Å². The van der Waals surface area contributed by atoms with Gasteiger partial charge < -0.3 is 5.73 Å². The van der Waals surface area contributed by atoms with Crippen molar-refractivity contribution in [2.75, 3.05) is 5.73 Å². The molecule has 0 spiro atoms. The van der Waals surface area contributed by atoms with Gasteiger partial charge in [0, 0.05) is 28.9 Å². The maximum absolute atomic E-state index is 5.65. The van der Waals surface area contributed by atoms with E-state index in [4.69, 9.17) is 5.73 Å². The lowest BCUT2D eigenvalue weighted by molar-refractivity contribution is 1.24. The summed E-state index contributed by atoms with van der Waals surface area (Å²) < 4.78 is 0. The Kier molecular flexibility index (Phi) is 3.43. The summed E-state index contributed by atoms with van der Waals surface area (Å²) >= 11 is 0. The third kappa shape index (κ3) is 2.58. The smallest absolute Gasteiger partial charge is 0.220 e. The summed E-state index contributed by atoms with van der Waals surface area (Å²) in [5.41, 5.74) is 12.0. The number of pyridine rings is 1. The molecule has 0 fully saturated rings. The Bertz CT molecular complexity index is 1020. The van der Waals surface area contributed by atoms with Gasteiger partial charge in [0.25, 0.3) is 0 Å². The highest BCUT2D eigenvalue weighted by molar-refractivity contribution is 5.88. The first-order valence-electron chi connectivity index (χ1n) is 7.75. The molecule has 4 rings (SSSR count). The van der Waals surface area contributed by atoms with Gasteiger partial charge in [-0.15, -0.1) is 0 Å². The predicted octanol–water partition coefficient (Wildman–Crippen LogP) is 4.25. The van der Waals surface area contributed by atoms with Crippen molar-refractivity contribution >= 4 is 16.9 Å². The molecule has 0 aliphatic rings. The normalized spacial score (nSPS) is 10.9. The molecule has 4 heteroatoms. The highest BCUT2D eigenvalue weighted by Crippen LogP contribution is 2.31. The molecular formula is C20H16N4. The number of anilines is 1. The Morgan fingerprint density at radius 1 is 0.875 bits per heavy atom. The maximum atomic E-state index is 5.65. The van der Waals surface area contributed by atoms with Crippen LogP contribution in [-0.4, -0.2) is 15.0 Å². The number of nitrogens with two attached hydrogens (primary N) is 1. The number of rotatable bonds is 2. The Hall–Kier alpha value is -3.27. The van der Waals surface area contributed by atoms with Crippen molar-refractivity contribution in [3.05, 3.63) is 72.6 Å². The standard InChI is InChI=1S/C20H16N4/c1-13-4-6-14(7-5-13)19-17(3-2-10-22-19)15-8-9-18-16(11-15)12-23-20(21)24-18/h2-12H,1H3,(H2,21,23,24). The minimum absolute atomic E-state index is 0.289. The highest BCUT2D eigenvalue weighted by Gasteiger charge is 2.09. The first kappa shape index (κ1) is 14.3. The fraction of sp³-hybridized carbons (Fsp3) is 0.0500. The number of aryl methyl sites for hydroxylation is 1. The topological polar surface area (TPSA) is 64.7 Å². The molecule has 0 saturated carbocycles. The average Bonchev–Trinajstić information content (AvgIpc) is 2.62. The van der Waals surface area contributed by atoms with Gasteiger partial charge in [0.15, 0.2) is 0 Å². The SMILES string of the molecule is Cc1ccc(-c2ncccc2-c2ccc3nc(N)ncc3c2)cc1. The van der Waals surface area contributed by atoms with Gasteiger partial charge in [0.1, 0.15) is 0 Å². The Labute approximate surface area is 140 Å². The number of fused-ring (bicyclic) bond motifs is 1. The minimum Gasteiger partial charge on any atom is -0.368 e. The van der Waals surface area contributed by atoms with Gasteiger partial charge in [-0.05, 0) is 30.7 Å². The van der Waals surface area contributed by atoms with E-state index in [0.29, 0.717) is 0 Å². The Morgan fingerprint density at radius 3 is 2.50 bits per heavy atom. The van der Waals surface area contributed by atoms with Crippen molar-refractivity contribution in [2.45, 2.75) is 6.92 Å². The van der Waals surface area contributed by atoms with E-state index in [1.165, 1.54) is 5.56 Å². The van der Waals surface area contributed by atoms with Crippen molar-refractivity contribution < 1.29 is 0 Å². The number of benzene rings is 2. The lowest BCUT2D eigenvalue weighted by Crippen LogP contribution is -1.94. The number of hydrogen-bond acceptors (Lipinski definition) is 4. The molecule has 24 heavy (non-hydrogen) atoms. The Balaban J connectivity index is 1.88. The van der Waals surface area contributed by atoms with Gasteiger partial charge in [-0.25, -0.2) is 9.97 Å². The van der Waals surface area contributed by atoms with Crippen LogP contribution in [0.5, 0.6) is 0 Å². The van der Waals surface area contributed by atoms with Crippen molar-refractivity contribution in [1.29, 1.82) is 0 Å². The van der Waals surface area contributed by atoms with E-state index in [-0.39, 0.29) is 5.95 Å². The van der Waals surface area contributed by atoms with Crippen molar-refractivity contribution in [2.24, 2.45) is 0 Å². The lowest BCUT2D eigenvalue weighted by atomic mass is 9.98. The molecule has 0 atom stereocenters. The van der Waals surface area contributed by atoms with E-state index in [2.05, 4.69) is 58.3 Å². The molecule has 4 aromatic rings. The third-order valence-corrected chi connectivity index (χ3v) is 4.04. The molecule has 0 radical (unpaired) electrons. The molecule has 0 amide bonds. The quantitative estimate of drug-likeness (QED) is 0.601. The number of aromatic nitrogens is 3. The van der Waals surface area contributed by atoms with Gasteiger partial charge in [-0.2, -0.15) is 0 Å². The molecular weight excluding hydrogens is 296 g/mol. The summed E-state index contributed by atoms with van der Waals surface area (Å²) in [7, 11) is 0. The van der Waals surface area contributed by atoms with Crippen LogP contribution >= 0.6 is 0 Å². The molecule has 2 heterocycles.